The molecule has 0 nitrogen and oxygen atoms in total. The Kier molecular flexibility index (Phi) is 2.68. The van der Waals surface area contributed by atoms with Gasteiger partial charge in [-0.1, -0.05) is 32.1 Å². The van der Waals surface area contributed by atoms with Gasteiger partial charge >= 0.3 is 0 Å². The Morgan fingerprint density at radius 1 is 1.40 bits per heavy atom. The van der Waals surface area contributed by atoms with Gasteiger partial charge in [0.05, 0.1) is 0 Å². The molecule has 1 aromatic carbocycles. The summed E-state index contributed by atoms with van der Waals surface area (Å²) in [5, 5.41) is 0. The lowest BCUT2D eigenvalue weighted by molar-refractivity contribution is 0.494. The van der Waals surface area contributed by atoms with E-state index in [0.29, 0.717) is 5.41 Å². The summed E-state index contributed by atoms with van der Waals surface area (Å²) >= 11 is 1.98. The van der Waals surface area contributed by atoms with Gasteiger partial charge in [0.2, 0.25) is 0 Å². The van der Waals surface area contributed by atoms with E-state index < -0.39 is 0 Å². The lowest BCUT2D eigenvalue weighted by Crippen LogP contribution is -2.22. The molecule has 80 valence electrons. The molecule has 0 N–H and O–H groups in total. The SMILES string of the molecule is C=C(C)c1ccc2c(c1)C(C)(C)CCS2. The van der Waals surface area contributed by atoms with Crippen LogP contribution in [0.2, 0.25) is 0 Å². The first-order valence-corrected chi connectivity index (χ1v) is 6.42. The summed E-state index contributed by atoms with van der Waals surface area (Å²) < 4.78 is 0. The standard InChI is InChI=1S/C14H18S/c1-10(2)11-5-6-13-12(9-11)14(3,4)7-8-15-13/h5-6,9H,1,7-8H2,2-4H3. The molecule has 0 amide bonds. The first-order valence-electron chi connectivity index (χ1n) is 5.44. The highest BCUT2D eigenvalue weighted by atomic mass is 32.2. The summed E-state index contributed by atoms with van der Waals surface area (Å²) in [7, 11) is 0. The number of fused-ring (bicyclic) bond motifs is 1. The van der Waals surface area contributed by atoms with E-state index in [2.05, 4.69) is 45.5 Å². The van der Waals surface area contributed by atoms with Crippen molar-refractivity contribution < 1.29 is 0 Å². The van der Waals surface area contributed by atoms with Crippen LogP contribution in [0, 0.1) is 0 Å². The molecule has 0 spiro atoms. The fraction of sp³-hybridized carbons (Fsp3) is 0.429. The molecule has 1 aromatic rings. The van der Waals surface area contributed by atoms with Crippen LogP contribution >= 0.6 is 11.8 Å². The maximum atomic E-state index is 4.02. The molecule has 0 unspecified atom stereocenters. The van der Waals surface area contributed by atoms with Crippen molar-refractivity contribution in [1.29, 1.82) is 0 Å². The van der Waals surface area contributed by atoms with Crippen molar-refractivity contribution in [2.45, 2.75) is 37.5 Å². The molecule has 0 saturated heterocycles. The molecule has 1 aliphatic heterocycles. The third-order valence-electron chi connectivity index (χ3n) is 3.19. The van der Waals surface area contributed by atoms with E-state index in [1.165, 1.54) is 28.2 Å². The minimum Gasteiger partial charge on any atom is -0.126 e. The van der Waals surface area contributed by atoms with Gasteiger partial charge in [-0.05, 0) is 47.8 Å². The molecule has 1 aliphatic rings. The maximum absolute atomic E-state index is 4.02. The lowest BCUT2D eigenvalue weighted by Gasteiger charge is -2.32. The van der Waals surface area contributed by atoms with E-state index in [1.54, 1.807) is 0 Å². The molecule has 0 fully saturated rings. The zero-order chi connectivity index (χ0) is 11.1. The second-order valence-electron chi connectivity index (χ2n) is 4.97. The number of thioether (sulfide) groups is 1. The van der Waals surface area contributed by atoms with Gasteiger partial charge in [-0.3, -0.25) is 0 Å². The van der Waals surface area contributed by atoms with Gasteiger partial charge < -0.3 is 0 Å². The second kappa shape index (κ2) is 3.71. The second-order valence-corrected chi connectivity index (χ2v) is 6.11. The lowest BCUT2D eigenvalue weighted by atomic mass is 9.81. The van der Waals surface area contributed by atoms with Crippen LogP contribution in [0.3, 0.4) is 0 Å². The van der Waals surface area contributed by atoms with Gasteiger partial charge in [0.25, 0.3) is 0 Å². The predicted octanol–water partition coefficient (Wildman–Crippen LogP) is 4.49. The molecule has 0 saturated carbocycles. The highest BCUT2D eigenvalue weighted by molar-refractivity contribution is 7.99. The van der Waals surface area contributed by atoms with Gasteiger partial charge in [-0.2, -0.15) is 0 Å². The third kappa shape index (κ3) is 1.98. The van der Waals surface area contributed by atoms with Crippen LogP contribution < -0.4 is 0 Å². The van der Waals surface area contributed by atoms with Crippen LogP contribution in [-0.2, 0) is 5.41 Å². The van der Waals surface area contributed by atoms with Gasteiger partial charge in [-0.25, -0.2) is 0 Å². The van der Waals surface area contributed by atoms with E-state index >= 15 is 0 Å². The van der Waals surface area contributed by atoms with Gasteiger partial charge in [0, 0.05) is 4.90 Å². The third-order valence-corrected chi connectivity index (χ3v) is 4.26. The first-order chi connectivity index (χ1) is 7.00. The number of benzene rings is 1. The Balaban J connectivity index is 2.53. The van der Waals surface area contributed by atoms with Gasteiger partial charge in [0.1, 0.15) is 0 Å². The Labute approximate surface area is 96.8 Å². The fourth-order valence-electron chi connectivity index (χ4n) is 2.00. The van der Waals surface area contributed by atoms with E-state index in [0.717, 1.165) is 5.57 Å². The highest BCUT2D eigenvalue weighted by Crippen LogP contribution is 2.42. The fourth-order valence-corrected chi connectivity index (χ4v) is 3.49. The van der Waals surface area contributed by atoms with Crippen molar-refractivity contribution in [2.24, 2.45) is 0 Å². The summed E-state index contributed by atoms with van der Waals surface area (Å²) in [6.07, 6.45) is 1.27. The molecular weight excluding hydrogens is 200 g/mol. The largest absolute Gasteiger partial charge is 0.126 e. The average molecular weight is 218 g/mol. The zero-order valence-corrected chi connectivity index (χ0v) is 10.6. The van der Waals surface area contributed by atoms with Crippen LogP contribution in [0.5, 0.6) is 0 Å². The number of rotatable bonds is 1. The highest BCUT2D eigenvalue weighted by Gasteiger charge is 2.27. The summed E-state index contributed by atoms with van der Waals surface area (Å²) in [5.74, 6) is 1.24. The van der Waals surface area contributed by atoms with E-state index in [9.17, 15) is 0 Å². The maximum Gasteiger partial charge on any atom is 0.0110 e. The summed E-state index contributed by atoms with van der Waals surface area (Å²) in [6.45, 7) is 10.8. The van der Waals surface area contributed by atoms with E-state index in [4.69, 9.17) is 0 Å². The zero-order valence-electron chi connectivity index (χ0n) is 9.76. The van der Waals surface area contributed by atoms with Crippen molar-refractivity contribution in [3.63, 3.8) is 0 Å². The van der Waals surface area contributed by atoms with Crippen molar-refractivity contribution >= 4 is 17.3 Å². The predicted molar refractivity (Wildman–Crippen MR) is 69.5 cm³/mol. The molecular formula is C14H18S. The van der Waals surface area contributed by atoms with Crippen molar-refractivity contribution in [2.75, 3.05) is 5.75 Å². The summed E-state index contributed by atoms with van der Waals surface area (Å²) in [4.78, 5) is 1.45. The van der Waals surface area contributed by atoms with Gasteiger partial charge in [-0.15, -0.1) is 11.8 Å². The quantitative estimate of drug-likeness (QED) is 0.669. The summed E-state index contributed by atoms with van der Waals surface area (Å²) in [6, 6.07) is 6.77. The first kappa shape index (κ1) is 10.8. The Morgan fingerprint density at radius 2 is 2.13 bits per heavy atom. The normalized spacial score (nSPS) is 18.3. The van der Waals surface area contributed by atoms with Crippen molar-refractivity contribution in [1.82, 2.24) is 0 Å². The molecule has 0 bridgehead atoms. The minimum absolute atomic E-state index is 0.325. The Morgan fingerprint density at radius 3 is 2.80 bits per heavy atom. The van der Waals surface area contributed by atoms with Crippen LogP contribution in [0.15, 0.2) is 29.7 Å². The van der Waals surface area contributed by atoms with Crippen LogP contribution in [0.1, 0.15) is 38.3 Å². The molecule has 15 heavy (non-hydrogen) atoms. The molecule has 1 heterocycles. The molecule has 1 heteroatoms. The molecule has 0 aromatic heterocycles. The van der Waals surface area contributed by atoms with Crippen LogP contribution in [0.4, 0.5) is 0 Å². The number of hydrogen-bond donors (Lipinski definition) is 0. The van der Waals surface area contributed by atoms with Gasteiger partial charge in [0.15, 0.2) is 0 Å². The van der Waals surface area contributed by atoms with E-state index in [-0.39, 0.29) is 0 Å². The average Bonchev–Trinajstić information content (AvgIpc) is 2.17. The Bertz CT molecular complexity index is 402. The monoisotopic (exact) mass is 218 g/mol. The molecule has 0 radical (unpaired) electrons. The van der Waals surface area contributed by atoms with Crippen LogP contribution in [-0.4, -0.2) is 5.75 Å². The Hall–Kier alpha value is -0.690. The molecule has 0 aliphatic carbocycles. The molecule has 2 rings (SSSR count). The van der Waals surface area contributed by atoms with Crippen LogP contribution in [0.25, 0.3) is 5.57 Å². The molecule has 0 atom stereocenters. The number of allylic oxidation sites excluding steroid dienone is 1. The van der Waals surface area contributed by atoms with E-state index in [1.807, 2.05) is 11.8 Å². The summed E-state index contributed by atoms with van der Waals surface area (Å²) in [5.41, 5.74) is 4.26. The smallest absolute Gasteiger partial charge is 0.0110 e. The van der Waals surface area contributed by atoms with Crippen molar-refractivity contribution in [3.8, 4) is 0 Å². The number of hydrogen-bond acceptors (Lipinski definition) is 1. The topological polar surface area (TPSA) is 0 Å². The van der Waals surface area contributed by atoms with Crippen molar-refractivity contribution in [3.05, 3.63) is 35.9 Å². The minimum atomic E-state index is 0.325.